The first-order valence-electron chi connectivity index (χ1n) is 10.4. The number of likely N-dealkylation sites (tertiary alicyclic amines) is 1. The van der Waals surface area contributed by atoms with Gasteiger partial charge in [0.25, 0.3) is 0 Å². The fraction of sp³-hybridized carbons (Fsp3) is 0.500. The Hall–Kier alpha value is -2.48. The molecule has 1 atom stereocenters. The lowest BCUT2D eigenvalue weighted by Crippen LogP contribution is -2.52. The van der Waals surface area contributed by atoms with E-state index < -0.39 is 17.3 Å². The number of carbonyl (C=O) groups excluding carboxylic acids is 1. The normalized spacial score (nSPS) is 23.6. The van der Waals surface area contributed by atoms with Crippen LogP contribution in [-0.2, 0) is 15.7 Å². The van der Waals surface area contributed by atoms with Crippen molar-refractivity contribution in [1.82, 2.24) is 4.90 Å². The number of piperidine rings is 1. The monoisotopic (exact) mass is 421 g/mol. The van der Waals surface area contributed by atoms with Gasteiger partial charge in [-0.15, -0.1) is 0 Å². The Morgan fingerprint density at radius 3 is 2.53 bits per heavy atom. The van der Waals surface area contributed by atoms with E-state index in [1.807, 2.05) is 26.0 Å². The van der Waals surface area contributed by atoms with Crippen LogP contribution < -0.4 is 10.6 Å². The van der Waals surface area contributed by atoms with Gasteiger partial charge in [-0.2, -0.15) is 13.2 Å². The Morgan fingerprint density at radius 1 is 1.20 bits per heavy atom. The first kappa shape index (κ1) is 20.8. The number of fused-ring (bicyclic) bond motifs is 1. The van der Waals surface area contributed by atoms with Crippen LogP contribution in [0.4, 0.5) is 24.5 Å². The van der Waals surface area contributed by atoms with Crippen molar-refractivity contribution in [2.45, 2.75) is 57.6 Å². The van der Waals surface area contributed by atoms with Gasteiger partial charge in [0.2, 0.25) is 0 Å². The van der Waals surface area contributed by atoms with Crippen LogP contribution in [-0.4, -0.2) is 35.8 Å². The first-order chi connectivity index (χ1) is 14.3. The van der Waals surface area contributed by atoms with Crippen molar-refractivity contribution in [3.05, 3.63) is 47.1 Å². The molecule has 0 radical (unpaired) electrons. The quantitative estimate of drug-likeness (QED) is 0.678. The minimum atomic E-state index is -4.37. The molecule has 1 aromatic carbocycles. The number of benzene rings is 1. The molecule has 2 N–H and O–H groups in total. The lowest BCUT2D eigenvalue weighted by Gasteiger charge is -2.41. The van der Waals surface area contributed by atoms with Crippen LogP contribution in [0.2, 0.25) is 0 Å². The van der Waals surface area contributed by atoms with Crippen LogP contribution in [0.25, 0.3) is 0 Å². The number of alkyl halides is 3. The summed E-state index contributed by atoms with van der Waals surface area (Å²) in [5, 5.41) is 6.40. The second-order valence-corrected chi connectivity index (χ2v) is 7.93. The van der Waals surface area contributed by atoms with Crippen LogP contribution in [0.15, 0.2) is 41.5 Å². The van der Waals surface area contributed by atoms with Gasteiger partial charge in [0, 0.05) is 25.9 Å². The van der Waals surface area contributed by atoms with Gasteiger partial charge >= 0.3 is 12.1 Å². The minimum Gasteiger partial charge on any atom is -0.451 e. The van der Waals surface area contributed by atoms with Gasteiger partial charge in [-0.05, 0) is 36.6 Å². The molecule has 162 valence electrons. The number of allylic oxidation sites excluding steroid dienone is 1. The molecule has 30 heavy (non-hydrogen) atoms. The van der Waals surface area contributed by atoms with E-state index in [1.54, 1.807) is 0 Å². The third kappa shape index (κ3) is 3.57. The molecule has 3 aliphatic rings. The fourth-order valence-electron chi connectivity index (χ4n) is 4.61. The second-order valence-electron chi connectivity index (χ2n) is 7.93. The van der Waals surface area contributed by atoms with Crippen molar-refractivity contribution in [3.63, 3.8) is 0 Å². The summed E-state index contributed by atoms with van der Waals surface area (Å²) in [5.74, 6) is -0.255. The molecule has 3 aliphatic heterocycles. The van der Waals surface area contributed by atoms with E-state index in [0.717, 1.165) is 30.5 Å². The van der Waals surface area contributed by atoms with Gasteiger partial charge in [0.15, 0.2) is 6.29 Å². The van der Waals surface area contributed by atoms with Crippen molar-refractivity contribution in [2.24, 2.45) is 0 Å². The molecule has 1 fully saturated rings. The smallest absolute Gasteiger partial charge is 0.416 e. The average molecular weight is 421 g/mol. The number of halogens is 3. The standard InChI is InChI=1S/C22H26F3N3O2/c1-3-5-6-15-16(4-2)21(30-19(15)29)9-11-28(12-10-21)20-26-17-8-7-14(22(23,24)25)13-18(17)27-20/h5-8,13,20,26-27H,3-4,9-12H2,1-2H3/b6-5-. The summed E-state index contributed by atoms with van der Waals surface area (Å²) in [5.41, 5.74) is 1.60. The summed E-state index contributed by atoms with van der Waals surface area (Å²) in [6.07, 6.45) is 2.11. The Labute approximate surface area is 174 Å². The Morgan fingerprint density at radius 2 is 1.90 bits per heavy atom. The summed E-state index contributed by atoms with van der Waals surface area (Å²) in [6, 6.07) is 3.68. The second kappa shape index (κ2) is 7.65. The zero-order valence-electron chi connectivity index (χ0n) is 17.1. The van der Waals surface area contributed by atoms with Gasteiger partial charge in [0.1, 0.15) is 5.60 Å². The number of nitrogens with zero attached hydrogens (tertiary/aromatic N) is 1. The van der Waals surface area contributed by atoms with E-state index in [9.17, 15) is 18.0 Å². The highest BCUT2D eigenvalue weighted by molar-refractivity contribution is 5.96. The summed E-state index contributed by atoms with van der Waals surface area (Å²) < 4.78 is 44.8. The Kier molecular flexibility index (Phi) is 5.30. The van der Waals surface area contributed by atoms with Crippen LogP contribution in [0.3, 0.4) is 0 Å². The highest BCUT2D eigenvalue weighted by atomic mass is 19.4. The van der Waals surface area contributed by atoms with E-state index in [1.165, 1.54) is 6.07 Å². The van der Waals surface area contributed by atoms with Gasteiger partial charge in [-0.1, -0.05) is 26.0 Å². The van der Waals surface area contributed by atoms with Crippen LogP contribution >= 0.6 is 0 Å². The van der Waals surface area contributed by atoms with Crippen molar-refractivity contribution < 1.29 is 22.7 Å². The van der Waals surface area contributed by atoms with Crippen LogP contribution in [0.1, 0.15) is 45.1 Å². The van der Waals surface area contributed by atoms with E-state index >= 15 is 0 Å². The van der Waals surface area contributed by atoms with Crippen molar-refractivity contribution in [3.8, 4) is 0 Å². The van der Waals surface area contributed by atoms with Crippen LogP contribution in [0, 0.1) is 0 Å². The van der Waals surface area contributed by atoms with Crippen molar-refractivity contribution >= 4 is 17.3 Å². The molecule has 8 heteroatoms. The summed E-state index contributed by atoms with van der Waals surface area (Å²) in [4.78, 5) is 14.6. The molecule has 0 bridgehead atoms. The van der Waals surface area contributed by atoms with E-state index in [0.29, 0.717) is 42.9 Å². The SMILES string of the molecule is CC/C=C\C1=C(CC)C2(CCN(C3Nc4ccc(C(F)(F)F)cc4N3)CC2)OC1=O. The molecule has 1 unspecified atom stereocenters. The van der Waals surface area contributed by atoms with E-state index in [2.05, 4.69) is 15.5 Å². The van der Waals surface area contributed by atoms with Gasteiger partial charge in [0.05, 0.1) is 22.5 Å². The lowest BCUT2D eigenvalue weighted by molar-refractivity contribution is -0.150. The third-order valence-electron chi connectivity index (χ3n) is 6.16. The highest BCUT2D eigenvalue weighted by Gasteiger charge is 2.48. The van der Waals surface area contributed by atoms with Gasteiger partial charge < -0.3 is 15.4 Å². The molecule has 5 nitrogen and oxygen atoms in total. The van der Waals surface area contributed by atoms with Crippen molar-refractivity contribution in [1.29, 1.82) is 0 Å². The molecule has 1 aromatic rings. The van der Waals surface area contributed by atoms with Gasteiger partial charge in [-0.25, -0.2) is 4.79 Å². The predicted molar refractivity (Wildman–Crippen MR) is 109 cm³/mol. The zero-order chi connectivity index (χ0) is 21.5. The lowest BCUT2D eigenvalue weighted by atomic mass is 9.82. The number of esters is 1. The summed E-state index contributed by atoms with van der Waals surface area (Å²) in [6.45, 7) is 5.38. The molecular weight excluding hydrogens is 395 g/mol. The molecular formula is C22H26F3N3O2. The fourth-order valence-corrected chi connectivity index (χ4v) is 4.61. The summed E-state index contributed by atoms with van der Waals surface area (Å²) >= 11 is 0. The molecule has 0 aromatic heterocycles. The molecule has 1 spiro atoms. The minimum absolute atomic E-state index is 0.255. The number of carbonyl (C=O) groups is 1. The highest BCUT2D eigenvalue weighted by Crippen LogP contribution is 2.44. The Bertz CT molecular complexity index is 899. The van der Waals surface area contributed by atoms with E-state index in [4.69, 9.17) is 4.74 Å². The molecule has 0 amide bonds. The Balaban J connectivity index is 1.46. The molecule has 1 saturated heterocycles. The number of nitrogens with one attached hydrogen (secondary N) is 2. The van der Waals surface area contributed by atoms with E-state index in [-0.39, 0.29) is 12.3 Å². The number of hydrogen-bond acceptors (Lipinski definition) is 5. The summed E-state index contributed by atoms with van der Waals surface area (Å²) in [7, 11) is 0. The number of rotatable bonds is 4. The number of ether oxygens (including phenoxy) is 1. The van der Waals surface area contributed by atoms with Crippen molar-refractivity contribution in [2.75, 3.05) is 23.7 Å². The maximum Gasteiger partial charge on any atom is 0.416 e. The largest absolute Gasteiger partial charge is 0.451 e. The first-order valence-corrected chi connectivity index (χ1v) is 10.4. The average Bonchev–Trinajstić information content (AvgIpc) is 3.24. The third-order valence-corrected chi connectivity index (χ3v) is 6.16. The zero-order valence-corrected chi connectivity index (χ0v) is 17.1. The topological polar surface area (TPSA) is 53.6 Å². The molecule has 3 heterocycles. The number of hydrogen-bond donors (Lipinski definition) is 2. The molecule has 0 saturated carbocycles. The maximum absolute atomic E-state index is 13.0. The predicted octanol–water partition coefficient (Wildman–Crippen LogP) is 4.89. The van der Waals surface area contributed by atoms with Crippen LogP contribution in [0.5, 0.6) is 0 Å². The molecule has 4 rings (SSSR count). The molecule has 0 aliphatic carbocycles. The van der Waals surface area contributed by atoms with Gasteiger partial charge in [-0.3, -0.25) is 4.90 Å². The number of anilines is 2. The maximum atomic E-state index is 13.0.